The normalized spacial score (nSPS) is 15.2. The highest BCUT2D eigenvalue weighted by atomic mass is 79.9. The van der Waals surface area contributed by atoms with Crippen LogP contribution in [-0.2, 0) is 16.0 Å². The Morgan fingerprint density at radius 2 is 2.10 bits per heavy atom. The Kier molecular flexibility index (Phi) is 7.33. The summed E-state index contributed by atoms with van der Waals surface area (Å²) in [6.45, 7) is 10.7. The van der Waals surface area contributed by atoms with Crippen LogP contribution in [0.4, 0.5) is 0 Å². The largest absolute Gasteiger partial charge is 0.383 e. The van der Waals surface area contributed by atoms with Crippen LogP contribution >= 0.6 is 15.9 Å². The van der Waals surface area contributed by atoms with Gasteiger partial charge in [0.1, 0.15) is 0 Å². The number of rotatable bonds is 8. The zero-order chi connectivity index (χ0) is 16.0. The van der Waals surface area contributed by atoms with Crippen molar-refractivity contribution in [3.63, 3.8) is 0 Å². The van der Waals surface area contributed by atoms with Gasteiger partial charge < -0.3 is 14.8 Å². The first-order valence-corrected chi connectivity index (χ1v) is 8.15. The molecule has 0 aliphatic rings. The maximum Gasteiger partial charge on any atom is 0.0833 e. The molecule has 0 spiro atoms. The summed E-state index contributed by atoms with van der Waals surface area (Å²) in [7, 11) is 3.66. The summed E-state index contributed by atoms with van der Waals surface area (Å²) in [5.74, 6) is 0. The smallest absolute Gasteiger partial charge is 0.0833 e. The molecule has 1 N–H and O–H groups in total. The van der Waals surface area contributed by atoms with Gasteiger partial charge in [-0.05, 0) is 35.3 Å². The minimum atomic E-state index is 0.0134. The molecule has 21 heavy (non-hydrogen) atoms. The molecule has 1 rings (SSSR count). The van der Waals surface area contributed by atoms with E-state index in [2.05, 4.69) is 47.1 Å². The van der Waals surface area contributed by atoms with Gasteiger partial charge in [0, 0.05) is 13.7 Å². The van der Waals surface area contributed by atoms with Gasteiger partial charge in [-0.15, -0.1) is 0 Å². The third-order valence-corrected chi connectivity index (χ3v) is 4.06. The number of hydrogen-bond acceptors (Lipinski definition) is 4. The van der Waals surface area contributed by atoms with Crippen molar-refractivity contribution in [3.8, 4) is 0 Å². The Hall–Kier alpha value is -0.430. The van der Waals surface area contributed by atoms with Crippen LogP contribution in [0.1, 0.15) is 39.4 Å². The number of nitrogens with one attached hydrogen (secondary N) is 1. The minimum Gasteiger partial charge on any atom is -0.383 e. The van der Waals surface area contributed by atoms with Crippen LogP contribution in [0.3, 0.4) is 0 Å². The minimum absolute atomic E-state index is 0.0134. The number of ether oxygens (including phenoxy) is 2. The van der Waals surface area contributed by atoms with Gasteiger partial charge in [0.15, 0.2) is 0 Å². The summed E-state index contributed by atoms with van der Waals surface area (Å²) in [5, 5.41) is 7.84. The topological polar surface area (TPSA) is 48.3 Å². The zero-order valence-corrected chi connectivity index (χ0v) is 15.5. The van der Waals surface area contributed by atoms with Gasteiger partial charge in [0.25, 0.3) is 0 Å². The van der Waals surface area contributed by atoms with E-state index in [1.54, 1.807) is 7.11 Å². The number of likely N-dealkylation sites (N-methyl/N-ethyl adjacent to an activating group) is 1. The predicted molar refractivity (Wildman–Crippen MR) is 88.5 cm³/mol. The van der Waals surface area contributed by atoms with Crippen molar-refractivity contribution in [3.05, 3.63) is 16.4 Å². The number of aromatic nitrogens is 2. The molecule has 0 amide bonds. The van der Waals surface area contributed by atoms with E-state index in [1.165, 1.54) is 0 Å². The van der Waals surface area contributed by atoms with Gasteiger partial charge in [-0.1, -0.05) is 20.8 Å². The average molecular weight is 362 g/mol. The summed E-state index contributed by atoms with van der Waals surface area (Å²) in [5.41, 5.74) is 1.11. The molecule has 1 heterocycles. The second-order valence-electron chi connectivity index (χ2n) is 6.10. The van der Waals surface area contributed by atoms with Crippen molar-refractivity contribution in [1.82, 2.24) is 15.1 Å². The van der Waals surface area contributed by atoms with Crippen LogP contribution in [0.25, 0.3) is 0 Å². The quantitative estimate of drug-likeness (QED) is 0.772. The fraction of sp³-hybridized carbons (Fsp3) is 0.800. The Bertz CT molecular complexity index is 429. The van der Waals surface area contributed by atoms with Gasteiger partial charge in [-0.25, -0.2) is 0 Å². The molecular formula is C15H28BrN3O2. The first-order valence-electron chi connectivity index (χ1n) is 7.35. The van der Waals surface area contributed by atoms with Crippen molar-refractivity contribution in [2.24, 2.45) is 5.41 Å². The fourth-order valence-electron chi connectivity index (χ4n) is 2.49. The van der Waals surface area contributed by atoms with E-state index in [4.69, 9.17) is 9.47 Å². The number of halogens is 1. The molecule has 2 unspecified atom stereocenters. The maximum atomic E-state index is 6.04. The van der Waals surface area contributed by atoms with Crippen molar-refractivity contribution >= 4 is 15.9 Å². The molecule has 0 aliphatic heterocycles. The highest BCUT2D eigenvalue weighted by Crippen LogP contribution is 2.35. The highest BCUT2D eigenvalue weighted by molar-refractivity contribution is 9.10. The lowest BCUT2D eigenvalue weighted by molar-refractivity contribution is -0.0371. The van der Waals surface area contributed by atoms with Crippen LogP contribution in [0.2, 0.25) is 0 Å². The average Bonchev–Trinajstić information content (AvgIpc) is 2.77. The van der Waals surface area contributed by atoms with Gasteiger partial charge >= 0.3 is 0 Å². The lowest BCUT2D eigenvalue weighted by atomic mass is 9.83. The molecule has 0 fully saturated rings. The number of methoxy groups -OCH3 is 1. The van der Waals surface area contributed by atoms with Crippen LogP contribution in [0, 0.1) is 5.41 Å². The molecule has 5 nitrogen and oxygen atoms in total. The third-order valence-electron chi connectivity index (χ3n) is 3.45. The Morgan fingerprint density at radius 1 is 1.43 bits per heavy atom. The Balaban J connectivity index is 3.15. The SMILES string of the molecule is CCOC(C(NC)c1c(Br)cnn1CCOC)C(C)(C)C. The molecule has 0 radical (unpaired) electrons. The summed E-state index contributed by atoms with van der Waals surface area (Å²) in [6.07, 6.45) is 1.88. The molecule has 0 aromatic carbocycles. The van der Waals surface area contributed by atoms with Gasteiger partial charge in [-0.3, -0.25) is 4.68 Å². The second-order valence-corrected chi connectivity index (χ2v) is 6.96. The molecule has 122 valence electrons. The van der Waals surface area contributed by atoms with E-state index in [-0.39, 0.29) is 17.6 Å². The van der Waals surface area contributed by atoms with Gasteiger partial charge in [0.05, 0.1) is 41.7 Å². The highest BCUT2D eigenvalue weighted by Gasteiger charge is 2.36. The van der Waals surface area contributed by atoms with Crippen molar-refractivity contribution < 1.29 is 9.47 Å². The van der Waals surface area contributed by atoms with Crippen molar-refractivity contribution in [2.45, 2.75) is 46.4 Å². The zero-order valence-electron chi connectivity index (χ0n) is 13.9. The van der Waals surface area contributed by atoms with Gasteiger partial charge in [0.2, 0.25) is 0 Å². The Labute approximate surface area is 136 Å². The molecule has 1 aromatic rings. The van der Waals surface area contributed by atoms with Crippen molar-refractivity contribution in [1.29, 1.82) is 0 Å². The van der Waals surface area contributed by atoms with E-state index >= 15 is 0 Å². The molecule has 0 aliphatic carbocycles. The molecule has 0 bridgehead atoms. The van der Waals surface area contributed by atoms with Crippen LogP contribution in [-0.4, -0.2) is 43.3 Å². The Morgan fingerprint density at radius 3 is 2.57 bits per heavy atom. The van der Waals surface area contributed by atoms with E-state index in [9.17, 15) is 0 Å². The van der Waals surface area contributed by atoms with E-state index < -0.39 is 0 Å². The standard InChI is InChI=1S/C15H28BrN3O2/c1-7-21-14(15(2,3)4)12(17-5)13-11(16)10-18-19(13)8-9-20-6/h10,12,14,17H,7-9H2,1-6H3. The van der Waals surface area contributed by atoms with Crippen LogP contribution in [0.15, 0.2) is 10.7 Å². The second kappa shape index (κ2) is 8.27. The molecule has 1 aromatic heterocycles. The lowest BCUT2D eigenvalue weighted by Crippen LogP contribution is -2.42. The van der Waals surface area contributed by atoms with Gasteiger partial charge in [-0.2, -0.15) is 5.10 Å². The number of hydrogen-bond donors (Lipinski definition) is 1. The van der Waals surface area contributed by atoms with Crippen LogP contribution < -0.4 is 5.32 Å². The summed E-state index contributed by atoms with van der Waals surface area (Å²) in [6, 6.07) is 0.0543. The number of nitrogens with zero attached hydrogens (tertiary/aromatic N) is 2. The summed E-state index contributed by atoms with van der Waals surface area (Å²) in [4.78, 5) is 0. The molecule has 6 heteroatoms. The summed E-state index contributed by atoms with van der Waals surface area (Å²) < 4.78 is 14.2. The third kappa shape index (κ3) is 4.77. The predicted octanol–water partition coefficient (Wildman–Crippen LogP) is 3.00. The lowest BCUT2D eigenvalue weighted by Gasteiger charge is -2.37. The fourth-order valence-corrected chi connectivity index (χ4v) is 3.04. The first kappa shape index (κ1) is 18.6. The molecule has 2 atom stereocenters. The molecular weight excluding hydrogens is 334 g/mol. The van der Waals surface area contributed by atoms with E-state index in [0.29, 0.717) is 13.2 Å². The monoisotopic (exact) mass is 361 g/mol. The summed E-state index contributed by atoms with van der Waals surface area (Å²) >= 11 is 3.62. The maximum absolute atomic E-state index is 6.04. The van der Waals surface area contributed by atoms with Crippen molar-refractivity contribution in [2.75, 3.05) is 27.4 Å². The molecule has 0 saturated heterocycles. The van der Waals surface area contributed by atoms with Crippen LogP contribution in [0.5, 0.6) is 0 Å². The van der Waals surface area contributed by atoms with E-state index in [0.717, 1.165) is 16.7 Å². The molecule has 0 saturated carbocycles. The van der Waals surface area contributed by atoms with E-state index in [1.807, 2.05) is 24.9 Å². The first-order chi connectivity index (χ1) is 9.86.